The number of thioether (sulfide) groups is 1. The number of nitrogens with zero attached hydrogens (tertiary/aromatic N) is 2. The number of carbonyl (C=O) groups is 3. The molecule has 1 aliphatic rings. The first kappa shape index (κ1) is 23.0. The Morgan fingerprint density at radius 3 is 2.65 bits per heavy atom. The number of halogens is 1. The summed E-state index contributed by atoms with van der Waals surface area (Å²) < 4.78 is 5.58. The van der Waals surface area contributed by atoms with Crippen molar-refractivity contribution in [1.29, 1.82) is 0 Å². The van der Waals surface area contributed by atoms with E-state index in [1.165, 1.54) is 11.3 Å². The summed E-state index contributed by atoms with van der Waals surface area (Å²) in [5.74, 6) is -1.09. The number of carbonyl (C=O) groups excluding carboxylic acids is 3. The molecule has 1 atom stereocenters. The van der Waals surface area contributed by atoms with Gasteiger partial charge in [0.25, 0.3) is 0 Å². The highest BCUT2D eigenvalue weighted by Crippen LogP contribution is 2.24. The minimum atomic E-state index is -0.663. The van der Waals surface area contributed by atoms with Crippen molar-refractivity contribution in [2.24, 2.45) is 10.2 Å². The van der Waals surface area contributed by atoms with Crippen LogP contribution in [0.3, 0.4) is 0 Å². The molecule has 8 nitrogen and oxygen atoms in total. The number of esters is 1. The SMILES string of the molecule is CCOC(=O)c1ccc(NC(=O)C2CC(=O)N/C(=N\N=C(C)c3ccc(Cl)s3)S2)cc1. The van der Waals surface area contributed by atoms with E-state index in [4.69, 9.17) is 16.3 Å². The summed E-state index contributed by atoms with van der Waals surface area (Å²) in [6, 6.07) is 9.94. The molecule has 2 aromatic rings. The van der Waals surface area contributed by atoms with Gasteiger partial charge in [-0.3, -0.25) is 9.59 Å². The highest BCUT2D eigenvalue weighted by Gasteiger charge is 2.30. The van der Waals surface area contributed by atoms with Crippen molar-refractivity contribution < 1.29 is 19.1 Å². The number of amides is 2. The fraction of sp³-hybridized carbons (Fsp3) is 0.250. The Bertz CT molecular complexity index is 1050. The summed E-state index contributed by atoms with van der Waals surface area (Å²) in [5, 5.41) is 13.2. The number of amidine groups is 1. The third kappa shape index (κ3) is 6.39. The molecule has 1 aliphatic heterocycles. The monoisotopic (exact) mass is 478 g/mol. The third-order valence-corrected chi connectivity index (χ3v) is 6.46. The summed E-state index contributed by atoms with van der Waals surface area (Å²) in [7, 11) is 0. The molecule has 2 heterocycles. The molecule has 162 valence electrons. The molecule has 1 aromatic carbocycles. The maximum Gasteiger partial charge on any atom is 0.338 e. The quantitative estimate of drug-likeness (QED) is 0.371. The predicted molar refractivity (Wildman–Crippen MR) is 124 cm³/mol. The highest BCUT2D eigenvalue weighted by atomic mass is 35.5. The maximum absolute atomic E-state index is 12.6. The van der Waals surface area contributed by atoms with Gasteiger partial charge in [0, 0.05) is 12.1 Å². The first-order chi connectivity index (χ1) is 14.9. The van der Waals surface area contributed by atoms with Crippen LogP contribution in [0.15, 0.2) is 46.6 Å². The largest absolute Gasteiger partial charge is 0.462 e. The molecule has 0 aliphatic carbocycles. The molecule has 1 aromatic heterocycles. The molecule has 1 unspecified atom stereocenters. The van der Waals surface area contributed by atoms with Crippen LogP contribution in [0.4, 0.5) is 5.69 Å². The van der Waals surface area contributed by atoms with Crippen LogP contribution < -0.4 is 10.6 Å². The van der Waals surface area contributed by atoms with Crippen LogP contribution in [0.2, 0.25) is 4.34 Å². The van der Waals surface area contributed by atoms with Crippen LogP contribution in [0.25, 0.3) is 0 Å². The van der Waals surface area contributed by atoms with Gasteiger partial charge in [0.2, 0.25) is 11.8 Å². The topological polar surface area (TPSA) is 109 Å². The van der Waals surface area contributed by atoms with Crippen molar-refractivity contribution in [3.05, 3.63) is 51.2 Å². The molecule has 31 heavy (non-hydrogen) atoms. The van der Waals surface area contributed by atoms with E-state index in [1.54, 1.807) is 44.2 Å². The van der Waals surface area contributed by atoms with E-state index in [0.717, 1.165) is 16.6 Å². The Morgan fingerprint density at radius 2 is 2.00 bits per heavy atom. The van der Waals surface area contributed by atoms with Crippen LogP contribution in [0.1, 0.15) is 35.5 Å². The molecule has 0 spiro atoms. The van der Waals surface area contributed by atoms with E-state index in [9.17, 15) is 14.4 Å². The lowest BCUT2D eigenvalue weighted by Crippen LogP contribution is -2.41. The summed E-state index contributed by atoms with van der Waals surface area (Å²) in [4.78, 5) is 37.2. The van der Waals surface area contributed by atoms with Crippen LogP contribution in [0.5, 0.6) is 0 Å². The van der Waals surface area contributed by atoms with Gasteiger partial charge in [-0.2, -0.15) is 5.10 Å². The van der Waals surface area contributed by atoms with Gasteiger partial charge in [-0.05, 0) is 50.2 Å². The van der Waals surface area contributed by atoms with Crippen LogP contribution in [-0.2, 0) is 14.3 Å². The summed E-state index contributed by atoms with van der Waals surface area (Å²) >= 11 is 8.43. The number of ether oxygens (including phenoxy) is 1. The van der Waals surface area contributed by atoms with Crippen molar-refractivity contribution in [3.63, 3.8) is 0 Å². The highest BCUT2D eigenvalue weighted by molar-refractivity contribution is 8.15. The molecule has 11 heteroatoms. The lowest BCUT2D eigenvalue weighted by atomic mass is 10.2. The normalized spacial score (nSPS) is 17.9. The molecule has 0 saturated carbocycles. The summed E-state index contributed by atoms with van der Waals surface area (Å²) in [5.41, 5.74) is 1.54. The zero-order chi connectivity index (χ0) is 22.4. The number of hydrogen-bond donors (Lipinski definition) is 2. The van der Waals surface area contributed by atoms with Crippen molar-refractivity contribution in [1.82, 2.24) is 5.32 Å². The van der Waals surface area contributed by atoms with Gasteiger partial charge in [-0.15, -0.1) is 16.4 Å². The molecule has 2 amide bonds. The summed E-state index contributed by atoms with van der Waals surface area (Å²) in [6.07, 6.45) is 0.0136. The van der Waals surface area contributed by atoms with Gasteiger partial charge >= 0.3 is 5.97 Å². The Labute approximate surface area is 192 Å². The van der Waals surface area contributed by atoms with Crippen LogP contribution >= 0.6 is 34.7 Å². The molecule has 1 fully saturated rings. The summed E-state index contributed by atoms with van der Waals surface area (Å²) in [6.45, 7) is 3.80. The van der Waals surface area contributed by atoms with E-state index in [1.807, 2.05) is 6.07 Å². The van der Waals surface area contributed by atoms with E-state index in [2.05, 4.69) is 20.8 Å². The smallest absolute Gasteiger partial charge is 0.338 e. The van der Waals surface area contributed by atoms with E-state index in [-0.39, 0.29) is 30.0 Å². The minimum absolute atomic E-state index is 0.0136. The van der Waals surface area contributed by atoms with E-state index < -0.39 is 11.2 Å². The number of benzene rings is 1. The van der Waals surface area contributed by atoms with Crippen molar-refractivity contribution >= 4 is 69.0 Å². The number of nitrogens with one attached hydrogen (secondary N) is 2. The maximum atomic E-state index is 12.6. The Morgan fingerprint density at radius 1 is 1.26 bits per heavy atom. The van der Waals surface area contributed by atoms with Crippen LogP contribution in [-0.4, -0.2) is 40.5 Å². The molecule has 3 rings (SSSR count). The number of rotatable bonds is 6. The zero-order valence-corrected chi connectivity index (χ0v) is 19.1. The fourth-order valence-electron chi connectivity index (χ4n) is 2.54. The van der Waals surface area contributed by atoms with Crippen molar-refractivity contribution in [3.8, 4) is 0 Å². The zero-order valence-electron chi connectivity index (χ0n) is 16.7. The average molecular weight is 479 g/mol. The molecule has 2 N–H and O–H groups in total. The third-order valence-electron chi connectivity index (χ3n) is 4.05. The fourth-order valence-corrected chi connectivity index (χ4v) is 4.46. The Balaban J connectivity index is 1.64. The average Bonchev–Trinajstić information content (AvgIpc) is 3.18. The number of hydrogen-bond acceptors (Lipinski definition) is 8. The second-order valence-corrected chi connectivity index (χ2v) is 9.25. The second-order valence-electron chi connectivity index (χ2n) is 6.34. The first-order valence-corrected chi connectivity index (χ1v) is 11.4. The van der Waals surface area contributed by atoms with Gasteiger partial charge < -0.3 is 15.4 Å². The van der Waals surface area contributed by atoms with E-state index in [0.29, 0.717) is 21.3 Å². The van der Waals surface area contributed by atoms with Crippen molar-refractivity contribution in [2.45, 2.75) is 25.5 Å². The predicted octanol–water partition coefficient (Wildman–Crippen LogP) is 3.92. The second kappa shape index (κ2) is 10.6. The standard InChI is InChI=1S/C20H19ClN4O4S2/c1-3-29-19(28)12-4-6-13(7-5-12)22-18(27)15-10-17(26)23-20(31-15)25-24-11(2)14-8-9-16(21)30-14/h4-9,15H,3,10H2,1-2H3,(H,22,27)(H,23,25,26). The van der Waals surface area contributed by atoms with Gasteiger partial charge in [-0.1, -0.05) is 23.4 Å². The van der Waals surface area contributed by atoms with E-state index >= 15 is 0 Å². The Kier molecular flexibility index (Phi) is 7.83. The molecular formula is C20H19ClN4O4S2. The Hall–Kier alpha value is -2.69. The lowest BCUT2D eigenvalue weighted by Gasteiger charge is -2.21. The minimum Gasteiger partial charge on any atom is -0.462 e. The number of thiophene rings is 1. The molecule has 0 radical (unpaired) electrons. The van der Waals surface area contributed by atoms with Gasteiger partial charge in [0.15, 0.2) is 5.17 Å². The molecular weight excluding hydrogens is 460 g/mol. The molecule has 0 bridgehead atoms. The van der Waals surface area contributed by atoms with Crippen LogP contribution in [0, 0.1) is 0 Å². The van der Waals surface area contributed by atoms with Gasteiger partial charge in [0.05, 0.1) is 27.1 Å². The number of anilines is 1. The first-order valence-electron chi connectivity index (χ1n) is 9.28. The lowest BCUT2D eigenvalue weighted by molar-refractivity contribution is -0.123. The van der Waals surface area contributed by atoms with Gasteiger partial charge in [-0.25, -0.2) is 4.79 Å². The van der Waals surface area contributed by atoms with Crippen molar-refractivity contribution in [2.75, 3.05) is 11.9 Å². The molecule has 1 saturated heterocycles. The van der Waals surface area contributed by atoms with Gasteiger partial charge in [0.1, 0.15) is 5.25 Å².